The SMILES string of the molecule is O=C(CCCc1ccccc1)Nc1ncc(-c2ccccc2)nc1-c1cccs1. The molecule has 1 N–H and O–H groups in total. The molecule has 4 aromatic rings. The van der Waals surface area contributed by atoms with Gasteiger partial charge in [0.1, 0.15) is 5.69 Å². The lowest BCUT2D eigenvalue weighted by Crippen LogP contribution is -2.14. The first-order valence-electron chi connectivity index (χ1n) is 9.60. The highest BCUT2D eigenvalue weighted by molar-refractivity contribution is 7.13. The van der Waals surface area contributed by atoms with Gasteiger partial charge in [-0.05, 0) is 29.9 Å². The van der Waals surface area contributed by atoms with Gasteiger partial charge < -0.3 is 5.32 Å². The highest BCUT2D eigenvalue weighted by Crippen LogP contribution is 2.30. The maximum atomic E-state index is 12.5. The molecule has 1 amide bonds. The summed E-state index contributed by atoms with van der Waals surface area (Å²) in [5.74, 6) is 0.470. The molecular formula is C24H21N3OS. The first kappa shape index (κ1) is 19.0. The summed E-state index contributed by atoms with van der Waals surface area (Å²) >= 11 is 1.58. The predicted molar refractivity (Wildman–Crippen MR) is 119 cm³/mol. The third-order valence-corrected chi connectivity index (χ3v) is 5.44. The van der Waals surface area contributed by atoms with Crippen LogP contribution in [0.3, 0.4) is 0 Å². The summed E-state index contributed by atoms with van der Waals surface area (Å²) in [5, 5.41) is 4.96. The number of rotatable bonds is 7. The molecule has 0 aliphatic rings. The molecule has 5 heteroatoms. The number of nitrogens with zero attached hydrogens (tertiary/aromatic N) is 2. The van der Waals surface area contributed by atoms with Crippen molar-refractivity contribution in [3.05, 3.63) is 89.9 Å². The van der Waals surface area contributed by atoms with E-state index in [-0.39, 0.29) is 5.91 Å². The van der Waals surface area contributed by atoms with Crippen LogP contribution in [0.25, 0.3) is 21.8 Å². The number of hydrogen-bond donors (Lipinski definition) is 1. The number of carbonyl (C=O) groups excluding carboxylic acids is 1. The van der Waals surface area contributed by atoms with Gasteiger partial charge in [0.25, 0.3) is 0 Å². The fourth-order valence-electron chi connectivity index (χ4n) is 3.11. The van der Waals surface area contributed by atoms with E-state index in [4.69, 9.17) is 4.98 Å². The summed E-state index contributed by atoms with van der Waals surface area (Å²) in [4.78, 5) is 22.8. The number of benzene rings is 2. The number of nitrogens with one attached hydrogen (secondary N) is 1. The van der Waals surface area contributed by atoms with Crippen molar-refractivity contribution >= 4 is 23.1 Å². The lowest BCUT2D eigenvalue weighted by Gasteiger charge is -2.10. The smallest absolute Gasteiger partial charge is 0.225 e. The summed E-state index contributed by atoms with van der Waals surface area (Å²) in [6, 6.07) is 24.1. The molecule has 0 spiro atoms. The Hall–Kier alpha value is -3.31. The molecule has 4 nitrogen and oxygen atoms in total. The first-order chi connectivity index (χ1) is 14.3. The Morgan fingerprint density at radius 3 is 2.41 bits per heavy atom. The van der Waals surface area contributed by atoms with Crippen LogP contribution < -0.4 is 5.32 Å². The minimum absolute atomic E-state index is 0.0412. The zero-order valence-corrected chi connectivity index (χ0v) is 16.7. The van der Waals surface area contributed by atoms with Gasteiger partial charge in [-0.2, -0.15) is 0 Å². The van der Waals surface area contributed by atoms with Gasteiger partial charge in [-0.25, -0.2) is 9.97 Å². The van der Waals surface area contributed by atoms with E-state index in [0.717, 1.165) is 29.0 Å². The zero-order valence-electron chi connectivity index (χ0n) is 15.9. The van der Waals surface area contributed by atoms with Crippen LogP contribution in [0.1, 0.15) is 18.4 Å². The van der Waals surface area contributed by atoms with E-state index in [0.29, 0.717) is 17.9 Å². The lowest BCUT2D eigenvalue weighted by atomic mass is 10.1. The normalized spacial score (nSPS) is 10.6. The van der Waals surface area contributed by atoms with Gasteiger partial charge in [-0.1, -0.05) is 66.7 Å². The van der Waals surface area contributed by atoms with Gasteiger partial charge in [0.15, 0.2) is 5.82 Å². The topological polar surface area (TPSA) is 54.9 Å². The molecule has 29 heavy (non-hydrogen) atoms. The van der Waals surface area contributed by atoms with E-state index >= 15 is 0 Å². The van der Waals surface area contributed by atoms with Crippen LogP contribution in [0.4, 0.5) is 5.82 Å². The molecule has 0 unspecified atom stereocenters. The van der Waals surface area contributed by atoms with E-state index in [1.807, 2.05) is 66.0 Å². The molecule has 0 saturated carbocycles. The summed E-state index contributed by atoms with van der Waals surface area (Å²) in [6.07, 6.45) is 3.83. The average molecular weight is 400 g/mol. The third kappa shape index (κ3) is 4.95. The number of hydrogen-bond acceptors (Lipinski definition) is 4. The molecule has 144 valence electrons. The number of thiophene rings is 1. The Morgan fingerprint density at radius 1 is 0.931 bits per heavy atom. The highest BCUT2D eigenvalue weighted by atomic mass is 32.1. The van der Waals surface area contributed by atoms with Crippen LogP contribution in [0.5, 0.6) is 0 Å². The minimum atomic E-state index is -0.0412. The first-order valence-corrected chi connectivity index (χ1v) is 10.5. The number of aromatic nitrogens is 2. The molecule has 0 aliphatic carbocycles. The monoisotopic (exact) mass is 399 g/mol. The summed E-state index contributed by atoms with van der Waals surface area (Å²) in [7, 11) is 0. The van der Waals surface area contributed by atoms with Crippen molar-refractivity contribution in [2.24, 2.45) is 0 Å². The zero-order chi connectivity index (χ0) is 19.9. The second-order valence-corrected chi connectivity index (χ2v) is 7.63. The van der Waals surface area contributed by atoms with Crippen LogP contribution in [-0.4, -0.2) is 15.9 Å². The van der Waals surface area contributed by atoms with Crippen molar-refractivity contribution in [3.63, 3.8) is 0 Å². The number of carbonyl (C=O) groups is 1. The molecular weight excluding hydrogens is 378 g/mol. The van der Waals surface area contributed by atoms with Crippen LogP contribution in [0.2, 0.25) is 0 Å². The minimum Gasteiger partial charge on any atom is -0.309 e. The molecule has 2 aromatic carbocycles. The lowest BCUT2D eigenvalue weighted by molar-refractivity contribution is -0.116. The fraction of sp³-hybridized carbons (Fsp3) is 0.125. The van der Waals surface area contributed by atoms with E-state index in [1.165, 1.54) is 5.56 Å². The van der Waals surface area contributed by atoms with Crippen LogP contribution >= 0.6 is 11.3 Å². The van der Waals surface area contributed by atoms with Crippen LogP contribution in [0.15, 0.2) is 84.4 Å². The van der Waals surface area contributed by atoms with Gasteiger partial charge >= 0.3 is 0 Å². The molecule has 0 aliphatic heterocycles. The molecule has 0 saturated heterocycles. The van der Waals surface area contributed by atoms with Crippen molar-refractivity contribution in [2.75, 3.05) is 5.32 Å². The number of anilines is 1. The van der Waals surface area contributed by atoms with E-state index in [1.54, 1.807) is 17.5 Å². The molecule has 0 radical (unpaired) electrons. The summed E-state index contributed by atoms with van der Waals surface area (Å²) in [5.41, 5.74) is 3.74. The van der Waals surface area contributed by atoms with Gasteiger partial charge in [-0.15, -0.1) is 11.3 Å². The summed E-state index contributed by atoms with van der Waals surface area (Å²) < 4.78 is 0. The van der Waals surface area contributed by atoms with Crippen molar-refractivity contribution < 1.29 is 4.79 Å². The van der Waals surface area contributed by atoms with Gasteiger partial charge in [-0.3, -0.25) is 4.79 Å². The molecule has 2 heterocycles. The van der Waals surface area contributed by atoms with Crippen molar-refractivity contribution in [1.82, 2.24) is 9.97 Å². The predicted octanol–water partition coefficient (Wildman–Crippen LogP) is 5.83. The van der Waals surface area contributed by atoms with E-state index in [9.17, 15) is 4.79 Å². The third-order valence-electron chi connectivity index (χ3n) is 4.57. The highest BCUT2D eigenvalue weighted by Gasteiger charge is 2.14. The molecule has 0 atom stereocenters. The second kappa shape index (κ2) is 9.26. The second-order valence-electron chi connectivity index (χ2n) is 6.68. The maximum Gasteiger partial charge on any atom is 0.225 e. The maximum absolute atomic E-state index is 12.5. The van der Waals surface area contributed by atoms with E-state index in [2.05, 4.69) is 22.4 Å². The quantitative estimate of drug-likeness (QED) is 0.425. The Balaban J connectivity index is 1.49. The largest absolute Gasteiger partial charge is 0.309 e. The van der Waals surface area contributed by atoms with Gasteiger partial charge in [0, 0.05) is 12.0 Å². The molecule has 2 aromatic heterocycles. The molecule has 4 rings (SSSR count). The Morgan fingerprint density at radius 2 is 1.69 bits per heavy atom. The fourth-order valence-corrected chi connectivity index (χ4v) is 3.82. The van der Waals surface area contributed by atoms with E-state index < -0.39 is 0 Å². The Bertz CT molecular complexity index is 1060. The van der Waals surface area contributed by atoms with Gasteiger partial charge in [0.2, 0.25) is 5.91 Å². The van der Waals surface area contributed by atoms with Gasteiger partial charge in [0.05, 0.1) is 16.8 Å². The average Bonchev–Trinajstić information content (AvgIpc) is 3.30. The van der Waals surface area contributed by atoms with Crippen molar-refractivity contribution in [2.45, 2.75) is 19.3 Å². The number of amides is 1. The molecule has 0 bridgehead atoms. The standard InChI is InChI=1S/C24H21N3OS/c28-22(15-7-11-18-9-3-1-4-10-18)27-24-23(21-14-8-16-29-21)26-20(17-25-24)19-12-5-2-6-13-19/h1-6,8-10,12-14,16-17H,7,11,15H2,(H,25,27,28). The van der Waals surface area contributed by atoms with Crippen LogP contribution in [-0.2, 0) is 11.2 Å². The van der Waals surface area contributed by atoms with Crippen molar-refractivity contribution in [3.8, 4) is 21.8 Å². The Labute approximate surface area is 174 Å². The molecule has 0 fully saturated rings. The Kier molecular flexibility index (Phi) is 6.07. The van der Waals surface area contributed by atoms with Crippen molar-refractivity contribution in [1.29, 1.82) is 0 Å². The summed E-state index contributed by atoms with van der Waals surface area (Å²) in [6.45, 7) is 0. The van der Waals surface area contributed by atoms with Crippen LogP contribution in [0, 0.1) is 0 Å². The number of aryl methyl sites for hydroxylation is 1.